The number of rotatable bonds is 5. The monoisotopic (exact) mass is 298 g/mol. The fourth-order valence-corrected chi connectivity index (χ4v) is 1.74. The second-order valence-corrected chi connectivity index (χ2v) is 4.07. The summed E-state index contributed by atoms with van der Waals surface area (Å²) in [6.45, 7) is -2.84. The number of halogens is 4. The van der Waals surface area contributed by atoms with Gasteiger partial charge < -0.3 is 4.74 Å². The normalized spacial score (nSPS) is 10.7. The first-order valence-corrected chi connectivity index (χ1v) is 5.93. The molecule has 0 heterocycles. The Hall–Kier alpha value is -0.350. The van der Waals surface area contributed by atoms with Gasteiger partial charge in [0.25, 0.3) is 0 Å². The van der Waals surface area contributed by atoms with Crippen LogP contribution < -0.4 is 4.74 Å². The van der Waals surface area contributed by atoms with Crippen LogP contribution in [0.5, 0.6) is 5.75 Å². The number of ether oxygens (including phenoxy) is 1. The fraction of sp³-hybridized carbons (Fsp3) is 0.400. The topological polar surface area (TPSA) is 9.23 Å². The molecule has 15 heavy (non-hydrogen) atoms. The first-order valence-electron chi connectivity index (χ1n) is 4.43. The zero-order chi connectivity index (χ0) is 11.3. The van der Waals surface area contributed by atoms with Crippen molar-refractivity contribution < 1.29 is 13.5 Å². The van der Waals surface area contributed by atoms with Crippen molar-refractivity contribution in [1.82, 2.24) is 0 Å². The highest BCUT2D eigenvalue weighted by Crippen LogP contribution is 2.30. The van der Waals surface area contributed by atoms with E-state index in [1.54, 1.807) is 6.07 Å². The summed E-state index contributed by atoms with van der Waals surface area (Å²) in [5.74, 6) is 0.0405. The summed E-state index contributed by atoms with van der Waals surface area (Å²) < 4.78 is 28.3. The van der Waals surface area contributed by atoms with Crippen molar-refractivity contribution in [3.8, 4) is 5.75 Å². The summed E-state index contributed by atoms with van der Waals surface area (Å²) in [6, 6.07) is 4.91. The zero-order valence-corrected chi connectivity index (χ0v) is 10.2. The highest BCUT2D eigenvalue weighted by molar-refractivity contribution is 9.09. The van der Waals surface area contributed by atoms with Gasteiger partial charge in [0.1, 0.15) is 5.75 Å². The molecular weight excluding hydrogens is 289 g/mol. The van der Waals surface area contributed by atoms with E-state index in [0.717, 1.165) is 23.7 Å². The first kappa shape index (κ1) is 12.7. The van der Waals surface area contributed by atoms with Gasteiger partial charge in [0.2, 0.25) is 0 Å². The van der Waals surface area contributed by atoms with Crippen LogP contribution in [0.3, 0.4) is 0 Å². The van der Waals surface area contributed by atoms with Crippen molar-refractivity contribution in [3.05, 3.63) is 28.8 Å². The molecule has 0 atom stereocenters. The molecule has 0 spiro atoms. The van der Waals surface area contributed by atoms with Crippen LogP contribution in [0, 0.1) is 0 Å². The maximum Gasteiger partial charge on any atom is 0.387 e. The lowest BCUT2D eigenvalue weighted by molar-refractivity contribution is -0.0498. The van der Waals surface area contributed by atoms with Crippen molar-refractivity contribution in [2.45, 2.75) is 19.5 Å². The van der Waals surface area contributed by atoms with Crippen LogP contribution in [0.1, 0.15) is 12.0 Å². The molecule has 0 fully saturated rings. The molecule has 0 N–H and O–H groups in total. The van der Waals surface area contributed by atoms with Gasteiger partial charge in [0.05, 0.1) is 5.02 Å². The molecule has 0 radical (unpaired) electrons. The Kier molecular flexibility index (Phi) is 5.32. The Morgan fingerprint density at radius 3 is 2.73 bits per heavy atom. The van der Waals surface area contributed by atoms with E-state index >= 15 is 0 Å². The second-order valence-electron chi connectivity index (χ2n) is 2.90. The largest absolute Gasteiger partial charge is 0.433 e. The van der Waals surface area contributed by atoms with E-state index in [1.165, 1.54) is 6.07 Å². The summed E-state index contributed by atoms with van der Waals surface area (Å²) in [5.41, 5.74) is 0.828. The minimum absolute atomic E-state index is 0.0405. The molecule has 0 aliphatic heterocycles. The average Bonchev–Trinajstić information content (AvgIpc) is 2.19. The van der Waals surface area contributed by atoms with Gasteiger partial charge in [-0.1, -0.05) is 39.7 Å². The highest BCUT2D eigenvalue weighted by Gasteiger charge is 2.11. The molecule has 0 aliphatic carbocycles. The first-order chi connectivity index (χ1) is 7.15. The number of hydrogen-bond acceptors (Lipinski definition) is 1. The molecule has 0 unspecified atom stereocenters. The minimum atomic E-state index is -2.84. The molecule has 84 valence electrons. The van der Waals surface area contributed by atoms with Gasteiger partial charge in [0.15, 0.2) is 0 Å². The van der Waals surface area contributed by atoms with Gasteiger partial charge in [-0.2, -0.15) is 8.78 Å². The summed E-state index contributed by atoms with van der Waals surface area (Å²) in [4.78, 5) is 0. The third-order valence-corrected chi connectivity index (χ3v) is 2.83. The van der Waals surface area contributed by atoms with E-state index in [1.807, 2.05) is 6.07 Å². The standard InChI is InChI=1S/C10H10BrClF2O/c11-6-2-4-7-3-1-5-8(9(7)12)15-10(13)14/h1,3,5,10H,2,4,6H2. The zero-order valence-electron chi connectivity index (χ0n) is 7.85. The lowest BCUT2D eigenvalue weighted by Crippen LogP contribution is -2.03. The number of alkyl halides is 3. The van der Waals surface area contributed by atoms with Gasteiger partial charge in [0, 0.05) is 5.33 Å². The molecule has 1 aromatic rings. The van der Waals surface area contributed by atoms with Crippen molar-refractivity contribution in [2.24, 2.45) is 0 Å². The number of benzene rings is 1. The Morgan fingerprint density at radius 2 is 2.13 bits per heavy atom. The molecule has 0 saturated carbocycles. The maximum atomic E-state index is 12.0. The Bertz CT molecular complexity index is 320. The maximum absolute atomic E-state index is 12.0. The van der Waals surface area contributed by atoms with Crippen molar-refractivity contribution >= 4 is 27.5 Å². The molecule has 5 heteroatoms. The number of aryl methyl sites for hydroxylation is 1. The lowest BCUT2D eigenvalue weighted by Gasteiger charge is -2.09. The molecule has 1 nitrogen and oxygen atoms in total. The third kappa shape index (κ3) is 3.95. The van der Waals surface area contributed by atoms with Gasteiger partial charge in [-0.3, -0.25) is 0 Å². The van der Waals surface area contributed by atoms with E-state index in [0.29, 0.717) is 0 Å². The van der Waals surface area contributed by atoms with E-state index in [4.69, 9.17) is 11.6 Å². The number of hydrogen-bond donors (Lipinski definition) is 0. The Balaban J connectivity index is 2.80. The van der Waals surface area contributed by atoms with E-state index < -0.39 is 6.61 Å². The molecule has 0 amide bonds. The average molecular weight is 300 g/mol. The predicted molar refractivity (Wildman–Crippen MR) is 60.2 cm³/mol. The summed E-state index contributed by atoms with van der Waals surface area (Å²) >= 11 is 9.21. The van der Waals surface area contributed by atoms with Crippen molar-refractivity contribution in [1.29, 1.82) is 0 Å². The highest BCUT2D eigenvalue weighted by atomic mass is 79.9. The molecule has 1 rings (SSSR count). The van der Waals surface area contributed by atoms with Gasteiger partial charge in [-0.15, -0.1) is 0 Å². The van der Waals surface area contributed by atoms with Crippen molar-refractivity contribution in [2.75, 3.05) is 5.33 Å². The van der Waals surface area contributed by atoms with E-state index in [-0.39, 0.29) is 10.8 Å². The molecule has 0 aromatic heterocycles. The quantitative estimate of drug-likeness (QED) is 0.738. The van der Waals surface area contributed by atoms with Crippen LogP contribution in [0.4, 0.5) is 8.78 Å². The molecule has 1 aromatic carbocycles. The van der Waals surface area contributed by atoms with E-state index in [2.05, 4.69) is 20.7 Å². The van der Waals surface area contributed by atoms with Crippen LogP contribution in [-0.4, -0.2) is 11.9 Å². The predicted octanol–water partition coefficient (Wildman–Crippen LogP) is 4.27. The SMILES string of the molecule is FC(F)Oc1cccc(CCCBr)c1Cl. The summed E-state index contributed by atoms with van der Waals surface area (Å²) in [6.07, 6.45) is 1.64. The summed E-state index contributed by atoms with van der Waals surface area (Å²) in [7, 11) is 0. The molecular formula is C10H10BrClF2O. The molecule has 0 saturated heterocycles. The molecule has 0 bridgehead atoms. The lowest BCUT2D eigenvalue weighted by atomic mass is 10.1. The van der Waals surface area contributed by atoms with Gasteiger partial charge >= 0.3 is 6.61 Å². The smallest absolute Gasteiger partial charge is 0.387 e. The Morgan fingerprint density at radius 1 is 1.40 bits per heavy atom. The third-order valence-electron chi connectivity index (χ3n) is 1.84. The van der Waals surface area contributed by atoms with Gasteiger partial charge in [-0.05, 0) is 24.5 Å². The van der Waals surface area contributed by atoms with Crippen molar-refractivity contribution in [3.63, 3.8) is 0 Å². The van der Waals surface area contributed by atoms with Crippen LogP contribution in [-0.2, 0) is 6.42 Å². The van der Waals surface area contributed by atoms with Gasteiger partial charge in [-0.25, -0.2) is 0 Å². The van der Waals surface area contributed by atoms with Crippen LogP contribution >= 0.6 is 27.5 Å². The Labute approximate surface area is 101 Å². The van der Waals surface area contributed by atoms with Crippen LogP contribution in [0.25, 0.3) is 0 Å². The van der Waals surface area contributed by atoms with E-state index in [9.17, 15) is 8.78 Å². The second kappa shape index (κ2) is 6.28. The molecule has 0 aliphatic rings. The van der Waals surface area contributed by atoms with Crippen LogP contribution in [0.15, 0.2) is 18.2 Å². The fourth-order valence-electron chi connectivity index (χ4n) is 1.19. The summed E-state index contributed by atoms with van der Waals surface area (Å²) in [5, 5.41) is 1.13. The minimum Gasteiger partial charge on any atom is -0.433 e. The van der Waals surface area contributed by atoms with Crippen LogP contribution in [0.2, 0.25) is 5.02 Å².